The van der Waals surface area contributed by atoms with E-state index in [4.69, 9.17) is 10.7 Å². The SMILES string of the molecule is CCCC(=Nc1c(C(C)C)cc(Cc2cc(C(C)C)c(N)c(C(C)C)c2)cc1C(C)C)c1ccc(O)cc1. The number of anilines is 1. The molecule has 3 rings (SSSR count). The van der Waals surface area contributed by atoms with Gasteiger partial charge in [0.1, 0.15) is 5.75 Å². The first-order valence-corrected chi connectivity index (χ1v) is 14.4. The van der Waals surface area contributed by atoms with Crippen molar-refractivity contribution < 1.29 is 5.11 Å². The molecule has 204 valence electrons. The molecule has 3 heteroatoms. The van der Waals surface area contributed by atoms with Crippen molar-refractivity contribution in [2.24, 2.45) is 4.99 Å². The fourth-order valence-electron chi connectivity index (χ4n) is 5.20. The maximum atomic E-state index is 9.81. The minimum atomic E-state index is 0.281. The van der Waals surface area contributed by atoms with Gasteiger partial charge in [0, 0.05) is 11.4 Å². The van der Waals surface area contributed by atoms with E-state index in [9.17, 15) is 5.11 Å². The summed E-state index contributed by atoms with van der Waals surface area (Å²) in [4.78, 5) is 5.34. The van der Waals surface area contributed by atoms with Gasteiger partial charge in [0.2, 0.25) is 0 Å². The molecule has 0 fully saturated rings. The molecule has 0 bridgehead atoms. The summed E-state index contributed by atoms with van der Waals surface area (Å²) in [5, 5.41) is 9.81. The number of hydrogen-bond donors (Lipinski definition) is 2. The smallest absolute Gasteiger partial charge is 0.115 e. The molecular weight excluding hydrogens is 464 g/mol. The molecule has 3 nitrogen and oxygen atoms in total. The van der Waals surface area contributed by atoms with Gasteiger partial charge in [0.25, 0.3) is 0 Å². The summed E-state index contributed by atoms with van der Waals surface area (Å²) >= 11 is 0. The third kappa shape index (κ3) is 6.87. The second kappa shape index (κ2) is 12.7. The van der Waals surface area contributed by atoms with Gasteiger partial charge in [-0.2, -0.15) is 0 Å². The summed E-state index contributed by atoms with van der Waals surface area (Å²) in [7, 11) is 0. The Bertz CT molecular complexity index is 1210. The van der Waals surface area contributed by atoms with Crippen molar-refractivity contribution in [3.8, 4) is 5.75 Å². The monoisotopic (exact) mass is 512 g/mol. The molecule has 0 radical (unpaired) electrons. The van der Waals surface area contributed by atoms with Crippen LogP contribution in [-0.4, -0.2) is 10.8 Å². The average Bonchev–Trinajstić information content (AvgIpc) is 2.85. The number of nitrogens with two attached hydrogens (primary N) is 1. The minimum Gasteiger partial charge on any atom is -0.508 e. The van der Waals surface area contributed by atoms with Gasteiger partial charge in [-0.3, -0.25) is 4.99 Å². The van der Waals surface area contributed by atoms with E-state index in [2.05, 4.69) is 86.6 Å². The molecule has 3 aromatic carbocycles. The van der Waals surface area contributed by atoms with Crippen molar-refractivity contribution in [1.29, 1.82) is 0 Å². The zero-order chi connectivity index (χ0) is 28.1. The fourth-order valence-corrected chi connectivity index (χ4v) is 5.20. The Kier molecular flexibility index (Phi) is 9.82. The van der Waals surface area contributed by atoms with Crippen molar-refractivity contribution in [3.05, 3.63) is 87.5 Å². The molecule has 0 amide bonds. The predicted molar refractivity (Wildman–Crippen MR) is 166 cm³/mol. The lowest BCUT2D eigenvalue weighted by molar-refractivity contribution is 0.475. The molecule has 0 atom stereocenters. The molecule has 0 aliphatic heterocycles. The zero-order valence-electron chi connectivity index (χ0n) is 25.0. The first-order chi connectivity index (χ1) is 17.9. The molecule has 3 aromatic rings. The second-order valence-electron chi connectivity index (χ2n) is 12.0. The number of benzene rings is 3. The van der Waals surface area contributed by atoms with Crippen molar-refractivity contribution in [2.45, 2.75) is 105 Å². The Morgan fingerprint density at radius 2 is 1.13 bits per heavy atom. The lowest BCUT2D eigenvalue weighted by Crippen LogP contribution is -2.06. The van der Waals surface area contributed by atoms with Crippen molar-refractivity contribution in [2.75, 3.05) is 5.73 Å². The summed E-state index contributed by atoms with van der Waals surface area (Å²) in [5.41, 5.74) is 18.5. The highest BCUT2D eigenvalue weighted by atomic mass is 16.3. The van der Waals surface area contributed by atoms with E-state index in [1.165, 1.54) is 33.4 Å². The first-order valence-electron chi connectivity index (χ1n) is 14.4. The Balaban J connectivity index is 2.17. The molecular formula is C35H48N2O. The maximum Gasteiger partial charge on any atom is 0.115 e. The van der Waals surface area contributed by atoms with Crippen LogP contribution in [0.4, 0.5) is 11.4 Å². The van der Waals surface area contributed by atoms with Crippen LogP contribution in [0.5, 0.6) is 5.75 Å². The molecule has 3 N–H and O–H groups in total. The van der Waals surface area contributed by atoms with Gasteiger partial charge in [-0.1, -0.05) is 93.0 Å². The Labute approximate surface area is 231 Å². The van der Waals surface area contributed by atoms with Gasteiger partial charge >= 0.3 is 0 Å². The number of nitrogen functional groups attached to an aromatic ring is 1. The number of rotatable bonds is 10. The molecule has 38 heavy (non-hydrogen) atoms. The molecule has 0 aromatic heterocycles. The molecule has 0 aliphatic carbocycles. The number of phenolic OH excluding ortho intramolecular Hbond substituents is 1. The molecule has 0 aliphatic rings. The third-order valence-corrected chi connectivity index (χ3v) is 7.36. The van der Waals surface area contributed by atoms with Crippen LogP contribution in [0, 0.1) is 0 Å². The van der Waals surface area contributed by atoms with Crippen LogP contribution in [0.3, 0.4) is 0 Å². The highest BCUT2D eigenvalue weighted by molar-refractivity contribution is 6.02. The summed E-state index contributed by atoms with van der Waals surface area (Å²) in [5.74, 6) is 1.75. The van der Waals surface area contributed by atoms with Crippen LogP contribution in [0.25, 0.3) is 0 Å². The number of nitrogens with zero attached hydrogens (tertiary/aromatic N) is 1. The lowest BCUT2D eigenvalue weighted by Gasteiger charge is -2.22. The summed E-state index contributed by atoms with van der Waals surface area (Å²) in [6.45, 7) is 20.1. The molecule has 0 heterocycles. The topological polar surface area (TPSA) is 58.6 Å². The van der Waals surface area contributed by atoms with E-state index in [0.29, 0.717) is 23.7 Å². The van der Waals surface area contributed by atoms with Gasteiger partial charge in [-0.25, -0.2) is 0 Å². The van der Waals surface area contributed by atoms with E-state index in [1.54, 1.807) is 12.1 Å². The highest BCUT2D eigenvalue weighted by Crippen LogP contribution is 2.38. The van der Waals surface area contributed by atoms with Gasteiger partial charge < -0.3 is 10.8 Å². The van der Waals surface area contributed by atoms with Crippen LogP contribution < -0.4 is 5.73 Å². The number of phenols is 1. The molecule has 0 spiro atoms. The van der Waals surface area contributed by atoms with E-state index in [0.717, 1.165) is 41.9 Å². The first kappa shape index (κ1) is 29.5. The molecule has 0 saturated carbocycles. The summed E-state index contributed by atoms with van der Waals surface area (Å²) in [6.07, 6.45) is 2.78. The second-order valence-corrected chi connectivity index (χ2v) is 12.0. The zero-order valence-corrected chi connectivity index (χ0v) is 25.0. The standard InChI is InChI=1S/C35H48N2O/c1-10-11-33(27-12-14-28(38)15-13-27)37-35-31(23(6)7)19-26(20-32(35)24(8)9)16-25-17-29(21(2)3)34(36)30(18-25)22(4)5/h12-15,17-24,38H,10-11,16,36H2,1-9H3. The van der Waals surface area contributed by atoms with Crippen LogP contribution in [0.1, 0.15) is 138 Å². The summed E-state index contributed by atoms with van der Waals surface area (Å²) < 4.78 is 0. The number of aliphatic imine (C=N–C) groups is 1. The van der Waals surface area contributed by atoms with Crippen molar-refractivity contribution in [3.63, 3.8) is 0 Å². The maximum absolute atomic E-state index is 9.81. The summed E-state index contributed by atoms with van der Waals surface area (Å²) in [6, 6.07) is 16.8. The predicted octanol–water partition coefficient (Wildman–Crippen LogP) is 9.98. The van der Waals surface area contributed by atoms with Crippen molar-refractivity contribution >= 4 is 17.1 Å². The Morgan fingerprint density at radius 1 is 0.711 bits per heavy atom. The number of aromatic hydroxyl groups is 1. The van der Waals surface area contributed by atoms with E-state index in [1.807, 2.05) is 12.1 Å². The van der Waals surface area contributed by atoms with Gasteiger partial charge in [0.15, 0.2) is 0 Å². The van der Waals surface area contributed by atoms with Crippen LogP contribution in [-0.2, 0) is 6.42 Å². The van der Waals surface area contributed by atoms with Gasteiger partial charge in [-0.05, 0) is 99.7 Å². The minimum absolute atomic E-state index is 0.281. The average molecular weight is 513 g/mol. The quantitative estimate of drug-likeness (QED) is 0.210. The Morgan fingerprint density at radius 3 is 1.53 bits per heavy atom. The molecule has 0 unspecified atom stereocenters. The van der Waals surface area contributed by atoms with Crippen LogP contribution in [0.2, 0.25) is 0 Å². The lowest BCUT2D eigenvalue weighted by atomic mass is 9.86. The Hall–Kier alpha value is -3.07. The van der Waals surface area contributed by atoms with Crippen molar-refractivity contribution in [1.82, 2.24) is 0 Å². The van der Waals surface area contributed by atoms with E-state index >= 15 is 0 Å². The highest BCUT2D eigenvalue weighted by Gasteiger charge is 2.19. The van der Waals surface area contributed by atoms with Crippen LogP contribution in [0.15, 0.2) is 53.5 Å². The largest absolute Gasteiger partial charge is 0.508 e. The van der Waals surface area contributed by atoms with E-state index < -0.39 is 0 Å². The number of hydrogen-bond acceptors (Lipinski definition) is 3. The van der Waals surface area contributed by atoms with Crippen LogP contribution >= 0.6 is 0 Å². The molecule has 0 saturated heterocycles. The normalized spacial score (nSPS) is 12.4. The van der Waals surface area contributed by atoms with Gasteiger partial charge in [0.05, 0.1) is 5.69 Å². The third-order valence-electron chi connectivity index (χ3n) is 7.36. The fraction of sp³-hybridized carbons (Fsp3) is 0.457. The van der Waals surface area contributed by atoms with Gasteiger partial charge in [-0.15, -0.1) is 0 Å². The van der Waals surface area contributed by atoms with E-state index in [-0.39, 0.29) is 5.75 Å².